The summed E-state index contributed by atoms with van der Waals surface area (Å²) in [5, 5.41) is 1.38. The van der Waals surface area contributed by atoms with E-state index in [1.807, 2.05) is 20.8 Å². The van der Waals surface area contributed by atoms with Gasteiger partial charge in [0.05, 0.1) is 5.69 Å². The average molecular weight is 411 g/mol. The van der Waals surface area contributed by atoms with Crippen molar-refractivity contribution in [2.75, 3.05) is 0 Å². The zero-order chi connectivity index (χ0) is 18.8. The normalized spacial score (nSPS) is 12.2. The van der Waals surface area contributed by atoms with Crippen molar-refractivity contribution in [2.24, 2.45) is 0 Å². The molecule has 0 fully saturated rings. The third kappa shape index (κ3) is 5.56. The molecule has 1 aromatic heterocycles. The fourth-order valence-corrected chi connectivity index (χ4v) is 4.36. The van der Waals surface area contributed by atoms with Crippen molar-refractivity contribution in [3.8, 4) is 0 Å². The molecule has 0 aliphatic carbocycles. The third-order valence-corrected chi connectivity index (χ3v) is 4.96. The highest BCUT2D eigenvalue weighted by atomic mass is 35.5. The summed E-state index contributed by atoms with van der Waals surface area (Å²) in [6, 6.07) is 4.96. The number of rotatable bonds is 6. The molecule has 0 aliphatic rings. The highest BCUT2D eigenvalue weighted by Gasteiger charge is 2.32. The van der Waals surface area contributed by atoms with Crippen LogP contribution >= 0.6 is 35.0 Å². The Morgan fingerprint density at radius 2 is 1.76 bits per heavy atom. The molecule has 8 heteroatoms. The minimum atomic E-state index is -4.32. The quantitative estimate of drug-likeness (QED) is 0.510. The van der Waals surface area contributed by atoms with Gasteiger partial charge in [0, 0.05) is 21.4 Å². The molecular weight excluding hydrogens is 392 g/mol. The lowest BCUT2D eigenvalue weighted by Gasteiger charge is -2.15. The zero-order valence-corrected chi connectivity index (χ0v) is 16.5. The predicted molar refractivity (Wildman–Crippen MR) is 97.0 cm³/mol. The Labute approximate surface area is 159 Å². The second-order valence-electron chi connectivity index (χ2n) is 6.03. The Morgan fingerprint density at radius 3 is 2.24 bits per heavy atom. The van der Waals surface area contributed by atoms with Gasteiger partial charge in [-0.25, -0.2) is 4.98 Å². The van der Waals surface area contributed by atoms with E-state index >= 15 is 0 Å². The number of aromatic nitrogens is 2. The highest BCUT2D eigenvalue weighted by molar-refractivity contribution is 7.99. The molecule has 0 spiro atoms. The second kappa shape index (κ2) is 8.23. The summed E-state index contributed by atoms with van der Waals surface area (Å²) >= 11 is 13.3. The van der Waals surface area contributed by atoms with Crippen molar-refractivity contribution in [1.82, 2.24) is 9.55 Å². The van der Waals surface area contributed by atoms with Crippen molar-refractivity contribution in [3.63, 3.8) is 0 Å². The summed E-state index contributed by atoms with van der Waals surface area (Å²) in [4.78, 5) is 5.19. The van der Waals surface area contributed by atoms with Gasteiger partial charge in [0.15, 0.2) is 0 Å². The van der Waals surface area contributed by atoms with E-state index < -0.39 is 12.7 Å². The van der Waals surface area contributed by atoms with Gasteiger partial charge < -0.3 is 4.57 Å². The van der Waals surface area contributed by atoms with Crippen LogP contribution in [0.25, 0.3) is 0 Å². The van der Waals surface area contributed by atoms with Crippen molar-refractivity contribution >= 4 is 35.0 Å². The van der Waals surface area contributed by atoms with E-state index in [4.69, 9.17) is 23.2 Å². The van der Waals surface area contributed by atoms with Gasteiger partial charge in [0.1, 0.15) is 17.4 Å². The van der Waals surface area contributed by atoms with Gasteiger partial charge in [-0.1, -0.05) is 55.7 Å². The van der Waals surface area contributed by atoms with Gasteiger partial charge in [-0.2, -0.15) is 13.2 Å². The molecule has 0 saturated heterocycles. The zero-order valence-electron chi connectivity index (χ0n) is 14.1. The lowest BCUT2D eigenvalue weighted by molar-refractivity contribution is -0.142. The molecule has 0 unspecified atom stereocenters. The maximum Gasteiger partial charge on any atom is 0.406 e. The molecule has 2 aromatic rings. The second-order valence-corrected chi connectivity index (χ2v) is 7.97. The molecule has 0 amide bonds. The first-order chi connectivity index (χ1) is 11.6. The van der Waals surface area contributed by atoms with E-state index in [0.29, 0.717) is 37.9 Å². The summed E-state index contributed by atoms with van der Waals surface area (Å²) < 4.78 is 40.6. The molecule has 0 atom stereocenters. The van der Waals surface area contributed by atoms with Crippen LogP contribution in [0.1, 0.15) is 44.6 Å². The van der Waals surface area contributed by atoms with Crippen LogP contribution in [0.3, 0.4) is 0 Å². The fourth-order valence-electron chi connectivity index (χ4n) is 2.44. The standard InChI is InChI=1S/C17H19Cl2F3N2S/c1-4-5-14-23-15(10(2)3)16(24(14)9-17(20,21)22)25-13-7-11(18)6-12(19)8-13/h6-8,10H,4-5,9H2,1-3H3. The molecule has 1 aromatic carbocycles. The Hall–Kier alpha value is -0.850. The monoisotopic (exact) mass is 410 g/mol. The van der Waals surface area contributed by atoms with Gasteiger partial charge >= 0.3 is 6.18 Å². The lowest BCUT2D eigenvalue weighted by Crippen LogP contribution is -2.20. The van der Waals surface area contributed by atoms with Crippen LogP contribution in [0.4, 0.5) is 13.2 Å². The molecule has 0 aliphatic heterocycles. The van der Waals surface area contributed by atoms with Gasteiger partial charge in [0.25, 0.3) is 0 Å². The number of imidazole rings is 1. The fraction of sp³-hybridized carbons (Fsp3) is 0.471. The molecule has 1 heterocycles. The molecular formula is C17H19Cl2F3N2S. The number of hydrogen-bond acceptors (Lipinski definition) is 2. The van der Waals surface area contributed by atoms with E-state index in [1.165, 1.54) is 16.3 Å². The summed E-state index contributed by atoms with van der Waals surface area (Å²) in [6.07, 6.45) is -3.11. The van der Waals surface area contributed by atoms with Crippen LogP contribution in [0.15, 0.2) is 28.1 Å². The molecule has 25 heavy (non-hydrogen) atoms. The third-order valence-electron chi connectivity index (χ3n) is 3.43. The topological polar surface area (TPSA) is 17.8 Å². The number of aryl methyl sites for hydroxylation is 1. The maximum atomic E-state index is 13.1. The SMILES string of the molecule is CCCc1nc(C(C)C)c(Sc2cc(Cl)cc(Cl)c2)n1CC(F)(F)F. The number of halogens is 5. The number of hydrogen-bond donors (Lipinski definition) is 0. The summed E-state index contributed by atoms with van der Waals surface area (Å²) in [7, 11) is 0. The van der Waals surface area contributed by atoms with Crippen LogP contribution < -0.4 is 0 Å². The van der Waals surface area contributed by atoms with E-state index in [0.717, 1.165) is 6.42 Å². The number of benzene rings is 1. The lowest BCUT2D eigenvalue weighted by atomic mass is 10.1. The molecule has 2 rings (SSSR count). The van der Waals surface area contributed by atoms with Gasteiger partial charge in [-0.05, 0) is 30.5 Å². The maximum absolute atomic E-state index is 13.1. The highest BCUT2D eigenvalue weighted by Crippen LogP contribution is 2.38. The number of alkyl halides is 3. The number of nitrogens with zero attached hydrogens (tertiary/aromatic N) is 2. The average Bonchev–Trinajstić information content (AvgIpc) is 2.75. The van der Waals surface area contributed by atoms with E-state index in [2.05, 4.69) is 4.98 Å². The first-order valence-electron chi connectivity index (χ1n) is 7.90. The first kappa shape index (κ1) is 20.5. The molecule has 138 valence electrons. The molecule has 2 nitrogen and oxygen atoms in total. The van der Waals surface area contributed by atoms with Crippen LogP contribution in [-0.2, 0) is 13.0 Å². The van der Waals surface area contributed by atoms with Crippen LogP contribution in [0.2, 0.25) is 10.0 Å². The van der Waals surface area contributed by atoms with E-state index in [1.54, 1.807) is 18.2 Å². The van der Waals surface area contributed by atoms with Crippen molar-refractivity contribution in [1.29, 1.82) is 0 Å². The van der Waals surface area contributed by atoms with Crippen molar-refractivity contribution < 1.29 is 13.2 Å². The Balaban J connectivity index is 2.55. The Morgan fingerprint density at radius 1 is 1.16 bits per heavy atom. The molecule has 0 radical (unpaired) electrons. The van der Waals surface area contributed by atoms with Gasteiger partial charge in [-0.15, -0.1) is 0 Å². The predicted octanol–water partition coefficient (Wildman–Crippen LogP) is 6.98. The van der Waals surface area contributed by atoms with Crippen molar-refractivity contribution in [3.05, 3.63) is 39.8 Å². The summed E-state index contributed by atoms with van der Waals surface area (Å²) in [5.41, 5.74) is 0.661. The largest absolute Gasteiger partial charge is 0.406 e. The van der Waals surface area contributed by atoms with E-state index in [-0.39, 0.29) is 5.92 Å². The van der Waals surface area contributed by atoms with Gasteiger partial charge in [-0.3, -0.25) is 0 Å². The molecule has 0 N–H and O–H groups in total. The van der Waals surface area contributed by atoms with E-state index in [9.17, 15) is 13.2 Å². The van der Waals surface area contributed by atoms with Crippen LogP contribution in [0.5, 0.6) is 0 Å². The minimum absolute atomic E-state index is 0.00208. The van der Waals surface area contributed by atoms with Crippen LogP contribution in [-0.4, -0.2) is 15.7 Å². The summed E-state index contributed by atoms with van der Waals surface area (Å²) in [6.45, 7) is 4.71. The minimum Gasteiger partial charge on any atom is -0.313 e. The van der Waals surface area contributed by atoms with Crippen molar-refractivity contribution in [2.45, 2.75) is 62.2 Å². The summed E-state index contributed by atoms with van der Waals surface area (Å²) in [5.74, 6) is 0.460. The molecule has 0 bridgehead atoms. The Bertz CT molecular complexity index is 722. The Kier molecular flexibility index (Phi) is 6.74. The molecule has 0 saturated carbocycles. The first-order valence-corrected chi connectivity index (χ1v) is 9.48. The van der Waals surface area contributed by atoms with Crippen LogP contribution in [0, 0.1) is 0 Å². The smallest absolute Gasteiger partial charge is 0.313 e. The van der Waals surface area contributed by atoms with Gasteiger partial charge in [0.2, 0.25) is 0 Å².